The molecule has 23 heavy (non-hydrogen) atoms. The van der Waals surface area contributed by atoms with E-state index in [-0.39, 0.29) is 24.2 Å². The van der Waals surface area contributed by atoms with E-state index in [9.17, 15) is 9.18 Å². The third-order valence-electron chi connectivity index (χ3n) is 3.40. The zero-order valence-corrected chi connectivity index (χ0v) is 14.3. The second kappa shape index (κ2) is 7.77. The summed E-state index contributed by atoms with van der Waals surface area (Å²) in [4.78, 5) is 11.9. The largest absolute Gasteiger partial charge is 0.322 e. The number of carbonyl (C=O) groups is 1. The Bertz CT molecular complexity index is 722. The molecule has 0 aliphatic rings. The minimum absolute atomic E-state index is 0.0352. The van der Waals surface area contributed by atoms with Crippen LogP contribution in [0.15, 0.2) is 36.4 Å². The standard InChI is InChI=1S/C17H17Cl2FN2O/c1-10-3-6-16(15(20)7-10)22-17(23)9-21-11(2)13-5-4-12(18)8-14(13)19/h3-8,11,21H,9H2,1-2H3,(H,22,23)/t11-/m1/s1. The van der Waals surface area contributed by atoms with Crippen molar-refractivity contribution in [2.45, 2.75) is 19.9 Å². The van der Waals surface area contributed by atoms with Crippen molar-refractivity contribution in [3.05, 3.63) is 63.4 Å². The van der Waals surface area contributed by atoms with Crippen molar-refractivity contribution in [1.29, 1.82) is 0 Å². The summed E-state index contributed by atoms with van der Waals surface area (Å²) in [5.74, 6) is -0.781. The molecule has 2 aromatic rings. The molecule has 0 fully saturated rings. The van der Waals surface area contributed by atoms with E-state index >= 15 is 0 Å². The van der Waals surface area contributed by atoms with Gasteiger partial charge in [-0.2, -0.15) is 0 Å². The minimum Gasteiger partial charge on any atom is -0.322 e. The van der Waals surface area contributed by atoms with E-state index in [1.807, 2.05) is 6.92 Å². The van der Waals surface area contributed by atoms with Crippen LogP contribution in [-0.2, 0) is 4.79 Å². The fourth-order valence-corrected chi connectivity index (χ4v) is 2.70. The first-order valence-electron chi connectivity index (χ1n) is 7.11. The quantitative estimate of drug-likeness (QED) is 0.814. The van der Waals surface area contributed by atoms with E-state index in [0.717, 1.165) is 11.1 Å². The average molecular weight is 355 g/mol. The van der Waals surface area contributed by atoms with Gasteiger partial charge in [0.25, 0.3) is 0 Å². The highest BCUT2D eigenvalue weighted by Crippen LogP contribution is 2.26. The molecule has 6 heteroatoms. The van der Waals surface area contributed by atoms with E-state index in [4.69, 9.17) is 23.2 Å². The molecule has 122 valence electrons. The average Bonchev–Trinajstić information content (AvgIpc) is 2.48. The number of nitrogens with one attached hydrogen (secondary N) is 2. The van der Waals surface area contributed by atoms with Gasteiger partial charge in [-0.1, -0.05) is 35.3 Å². The monoisotopic (exact) mass is 354 g/mol. The molecular weight excluding hydrogens is 338 g/mol. The van der Waals surface area contributed by atoms with Gasteiger partial charge in [-0.25, -0.2) is 4.39 Å². The number of hydrogen-bond acceptors (Lipinski definition) is 2. The maximum Gasteiger partial charge on any atom is 0.238 e. The molecule has 0 unspecified atom stereocenters. The fourth-order valence-electron chi connectivity index (χ4n) is 2.12. The van der Waals surface area contributed by atoms with Gasteiger partial charge in [0.15, 0.2) is 0 Å². The number of anilines is 1. The summed E-state index contributed by atoms with van der Waals surface area (Å²) in [7, 11) is 0. The predicted molar refractivity (Wildman–Crippen MR) is 92.6 cm³/mol. The highest BCUT2D eigenvalue weighted by atomic mass is 35.5. The molecule has 0 radical (unpaired) electrons. The molecule has 1 amide bonds. The molecular formula is C17H17Cl2FN2O. The summed E-state index contributed by atoms with van der Waals surface area (Å²) >= 11 is 12.0. The number of benzene rings is 2. The first-order chi connectivity index (χ1) is 10.9. The van der Waals surface area contributed by atoms with Crippen LogP contribution < -0.4 is 10.6 Å². The van der Waals surface area contributed by atoms with Crippen molar-refractivity contribution in [3.63, 3.8) is 0 Å². The first-order valence-corrected chi connectivity index (χ1v) is 7.86. The summed E-state index contributed by atoms with van der Waals surface area (Å²) < 4.78 is 13.7. The van der Waals surface area contributed by atoms with Gasteiger partial charge in [0, 0.05) is 16.1 Å². The molecule has 0 aromatic heterocycles. The van der Waals surface area contributed by atoms with Crippen LogP contribution in [0.5, 0.6) is 0 Å². The highest BCUT2D eigenvalue weighted by Gasteiger charge is 2.12. The minimum atomic E-state index is -0.452. The number of carbonyl (C=O) groups excluding carboxylic acids is 1. The normalized spacial score (nSPS) is 12.0. The van der Waals surface area contributed by atoms with Crippen molar-refractivity contribution in [2.24, 2.45) is 0 Å². The molecule has 0 saturated heterocycles. The van der Waals surface area contributed by atoms with E-state index in [2.05, 4.69) is 10.6 Å². The van der Waals surface area contributed by atoms with Gasteiger partial charge in [0.05, 0.1) is 12.2 Å². The third-order valence-corrected chi connectivity index (χ3v) is 3.96. The summed E-state index contributed by atoms with van der Waals surface area (Å²) in [6, 6.07) is 9.71. The molecule has 0 aliphatic carbocycles. The van der Waals surface area contributed by atoms with Crippen LogP contribution in [0, 0.1) is 12.7 Å². The lowest BCUT2D eigenvalue weighted by molar-refractivity contribution is -0.115. The number of rotatable bonds is 5. The van der Waals surface area contributed by atoms with E-state index in [1.165, 1.54) is 6.07 Å². The Labute approximate surface area is 144 Å². The Kier molecular flexibility index (Phi) is 5.99. The number of aryl methyl sites for hydroxylation is 1. The molecule has 2 rings (SSSR count). The summed E-state index contributed by atoms with van der Waals surface area (Å²) in [5, 5.41) is 6.67. The zero-order chi connectivity index (χ0) is 17.0. The van der Waals surface area contributed by atoms with Gasteiger partial charge in [-0.05, 0) is 49.2 Å². The predicted octanol–water partition coefficient (Wildman–Crippen LogP) is 4.73. The van der Waals surface area contributed by atoms with Crippen molar-refractivity contribution in [1.82, 2.24) is 5.32 Å². The lowest BCUT2D eigenvalue weighted by Crippen LogP contribution is -2.30. The zero-order valence-electron chi connectivity index (χ0n) is 12.8. The summed E-state index contributed by atoms with van der Waals surface area (Å²) in [6.45, 7) is 3.70. The van der Waals surface area contributed by atoms with Crippen LogP contribution in [0.4, 0.5) is 10.1 Å². The highest BCUT2D eigenvalue weighted by molar-refractivity contribution is 6.35. The molecule has 0 spiro atoms. The van der Waals surface area contributed by atoms with Gasteiger partial charge in [0.1, 0.15) is 5.82 Å². The Morgan fingerprint density at radius 1 is 1.22 bits per heavy atom. The summed E-state index contributed by atoms with van der Waals surface area (Å²) in [6.07, 6.45) is 0. The van der Waals surface area contributed by atoms with Gasteiger partial charge >= 0.3 is 0 Å². The molecule has 0 saturated carbocycles. The molecule has 2 aromatic carbocycles. The fraction of sp³-hybridized carbons (Fsp3) is 0.235. The van der Waals surface area contributed by atoms with Crippen molar-refractivity contribution >= 4 is 34.8 Å². The molecule has 0 bridgehead atoms. The molecule has 0 heterocycles. The van der Waals surface area contributed by atoms with Gasteiger partial charge in [-0.3, -0.25) is 4.79 Å². The maximum atomic E-state index is 13.7. The van der Waals surface area contributed by atoms with E-state index < -0.39 is 5.82 Å². The van der Waals surface area contributed by atoms with Crippen LogP contribution in [-0.4, -0.2) is 12.5 Å². The Morgan fingerprint density at radius 2 is 1.96 bits per heavy atom. The SMILES string of the molecule is Cc1ccc(NC(=O)CN[C@H](C)c2ccc(Cl)cc2Cl)c(F)c1. The van der Waals surface area contributed by atoms with Crippen molar-refractivity contribution in [3.8, 4) is 0 Å². The van der Waals surface area contributed by atoms with E-state index in [0.29, 0.717) is 10.0 Å². The van der Waals surface area contributed by atoms with Crippen LogP contribution >= 0.6 is 23.2 Å². The van der Waals surface area contributed by atoms with Crippen LogP contribution in [0.3, 0.4) is 0 Å². The maximum absolute atomic E-state index is 13.7. The molecule has 1 atom stereocenters. The molecule has 0 aliphatic heterocycles. The second-order valence-corrected chi connectivity index (χ2v) is 6.14. The van der Waals surface area contributed by atoms with Crippen molar-refractivity contribution in [2.75, 3.05) is 11.9 Å². The van der Waals surface area contributed by atoms with Gasteiger partial charge in [0.2, 0.25) is 5.91 Å². The number of halogens is 3. The Morgan fingerprint density at radius 3 is 2.61 bits per heavy atom. The molecule has 3 nitrogen and oxygen atoms in total. The van der Waals surface area contributed by atoms with Crippen LogP contribution in [0.1, 0.15) is 24.1 Å². The first kappa shape index (κ1) is 17.7. The van der Waals surface area contributed by atoms with Gasteiger partial charge in [-0.15, -0.1) is 0 Å². The third kappa shape index (κ3) is 4.93. The van der Waals surface area contributed by atoms with E-state index in [1.54, 1.807) is 37.3 Å². The van der Waals surface area contributed by atoms with Crippen molar-refractivity contribution < 1.29 is 9.18 Å². The van der Waals surface area contributed by atoms with Crippen LogP contribution in [0.2, 0.25) is 10.0 Å². The number of amides is 1. The lowest BCUT2D eigenvalue weighted by atomic mass is 10.1. The second-order valence-electron chi connectivity index (χ2n) is 5.30. The lowest BCUT2D eigenvalue weighted by Gasteiger charge is -2.16. The number of hydrogen-bond donors (Lipinski definition) is 2. The summed E-state index contributed by atoms with van der Waals surface area (Å²) in [5.41, 5.74) is 1.80. The Hall–Kier alpha value is -1.62. The van der Waals surface area contributed by atoms with Gasteiger partial charge < -0.3 is 10.6 Å². The smallest absolute Gasteiger partial charge is 0.238 e. The Balaban J connectivity index is 1.93. The molecule has 2 N–H and O–H groups in total. The topological polar surface area (TPSA) is 41.1 Å². The van der Waals surface area contributed by atoms with Crippen LogP contribution in [0.25, 0.3) is 0 Å².